The van der Waals surface area contributed by atoms with Crippen molar-refractivity contribution in [2.24, 2.45) is 5.92 Å². The van der Waals surface area contributed by atoms with Gasteiger partial charge in [-0.25, -0.2) is 4.98 Å². The monoisotopic (exact) mass is 440 g/mol. The number of nitrogens with zero attached hydrogens (tertiary/aromatic N) is 3. The van der Waals surface area contributed by atoms with E-state index in [0.717, 1.165) is 44.1 Å². The second kappa shape index (κ2) is 9.28. The normalized spacial score (nSPS) is 17.3. The van der Waals surface area contributed by atoms with Gasteiger partial charge in [0.25, 0.3) is 17.7 Å². The van der Waals surface area contributed by atoms with Gasteiger partial charge in [-0.15, -0.1) is 11.3 Å². The molecule has 1 saturated heterocycles. The Morgan fingerprint density at radius 3 is 2.68 bits per heavy atom. The Morgan fingerprint density at radius 2 is 1.94 bits per heavy atom. The van der Waals surface area contributed by atoms with Crippen LogP contribution in [0.3, 0.4) is 0 Å². The lowest BCUT2D eigenvalue weighted by atomic mass is 9.99. The molecule has 0 aliphatic carbocycles. The summed E-state index contributed by atoms with van der Waals surface area (Å²) >= 11 is 1.40. The van der Waals surface area contributed by atoms with Crippen molar-refractivity contribution in [2.75, 3.05) is 25.0 Å². The summed E-state index contributed by atoms with van der Waals surface area (Å²) in [4.78, 5) is 46.0. The molecule has 31 heavy (non-hydrogen) atoms. The summed E-state index contributed by atoms with van der Waals surface area (Å²) in [5, 5.41) is 5.34. The summed E-state index contributed by atoms with van der Waals surface area (Å²) in [6.45, 7) is 7.66. The Labute approximate surface area is 186 Å². The van der Waals surface area contributed by atoms with Crippen LogP contribution in [0.2, 0.25) is 0 Å². The largest absolute Gasteiger partial charge is 0.298 e. The molecule has 1 N–H and O–H groups in total. The number of likely N-dealkylation sites (tertiary alicyclic amines) is 1. The Kier molecular flexibility index (Phi) is 6.48. The molecule has 3 heterocycles. The average molecular weight is 441 g/mol. The lowest BCUT2D eigenvalue weighted by Crippen LogP contribution is -2.32. The van der Waals surface area contributed by atoms with Crippen LogP contribution >= 0.6 is 11.3 Å². The van der Waals surface area contributed by atoms with E-state index in [1.807, 2.05) is 12.3 Å². The fourth-order valence-corrected chi connectivity index (χ4v) is 4.70. The van der Waals surface area contributed by atoms with E-state index in [2.05, 4.69) is 22.1 Å². The van der Waals surface area contributed by atoms with E-state index in [1.165, 1.54) is 35.1 Å². The number of fused-ring (bicyclic) bond motifs is 1. The van der Waals surface area contributed by atoms with E-state index in [4.69, 9.17) is 0 Å². The van der Waals surface area contributed by atoms with Crippen molar-refractivity contribution in [1.29, 1.82) is 0 Å². The Morgan fingerprint density at radius 1 is 1.19 bits per heavy atom. The number of benzene rings is 1. The van der Waals surface area contributed by atoms with Crippen molar-refractivity contribution >= 4 is 34.2 Å². The Balaban J connectivity index is 1.40. The van der Waals surface area contributed by atoms with E-state index in [0.29, 0.717) is 28.4 Å². The highest BCUT2D eigenvalue weighted by molar-refractivity contribution is 7.14. The number of anilines is 1. The minimum Gasteiger partial charge on any atom is -0.298 e. The number of hydrogen-bond donors (Lipinski definition) is 1. The number of hydrogen-bond acceptors (Lipinski definition) is 6. The Bertz CT molecular complexity index is 994. The SMILES string of the molecule is CCCCN1C(=O)c2ccc(C(=O)Nc3nc(CN4CCC(C)CC4)cs3)cc2C1=O. The molecule has 2 aromatic rings. The second-order valence-electron chi connectivity index (χ2n) is 8.43. The highest BCUT2D eigenvalue weighted by Gasteiger charge is 2.35. The van der Waals surface area contributed by atoms with Crippen LogP contribution in [0.5, 0.6) is 0 Å². The van der Waals surface area contributed by atoms with Gasteiger partial charge in [-0.05, 0) is 56.5 Å². The number of unbranched alkanes of at least 4 members (excludes halogenated alkanes) is 1. The maximum Gasteiger partial charge on any atom is 0.261 e. The number of rotatable bonds is 7. The zero-order valence-corrected chi connectivity index (χ0v) is 18.8. The maximum absolute atomic E-state index is 12.7. The van der Waals surface area contributed by atoms with Crippen LogP contribution in [0.4, 0.5) is 5.13 Å². The summed E-state index contributed by atoms with van der Waals surface area (Å²) in [7, 11) is 0. The van der Waals surface area contributed by atoms with Crippen molar-refractivity contribution in [1.82, 2.24) is 14.8 Å². The van der Waals surface area contributed by atoms with Crippen LogP contribution in [-0.2, 0) is 6.54 Å². The van der Waals surface area contributed by atoms with E-state index in [9.17, 15) is 14.4 Å². The van der Waals surface area contributed by atoms with Crippen LogP contribution in [0.15, 0.2) is 23.6 Å². The van der Waals surface area contributed by atoms with Crippen molar-refractivity contribution in [3.8, 4) is 0 Å². The zero-order chi connectivity index (χ0) is 22.0. The van der Waals surface area contributed by atoms with Gasteiger partial charge in [0.15, 0.2) is 5.13 Å². The van der Waals surface area contributed by atoms with Crippen molar-refractivity contribution in [3.63, 3.8) is 0 Å². The van der Waals surface area contributed by atoms with Gasteiger partial charge in [0.05, 0.1) is 16.8 Å². The number of nitrogens with one attached hydrogen (secondary N) is 1. The molecule has 8 heteroatoms. The molecule has 2 aliphatic heterocycles. The van der Waals surface area contributed by atoms with Crippen LogP contribution in [0.1, 0.15) is 76.3 Å². The molecule has 3 amide bonds. The quantitative estimate of drug-likeness (QED) is 0.658. The predicted octanol–water partition coefficient (Wildman–Crippen LogP) is 4.02. The third-order valence-electron chi connectivity index (χ3n) is 6.00. The van der Waals surface area contributed by atoms with Gasteiger partial charge < -0.3 is 0 Å². The molecule has 0 saturated carbocycles. The molecule has 1 aromatic carbocycles. The average Bonchev–Trinajstić information content (AvgIpc) is 3.30. The molecule has 2 aliphatic rings. The van der Waals surface area contributed by atoms with E-state index >= 15 is 0 Å². The molecule has 1 fully saturated rings. The molecule has 0 radical (unpaired) electrons. The summed E-state index contributed by atoms with van der Waals surface area (Å²) in [5.41, 5.74) is 1.97. The predicted molar refractivity (Wildman–Crippen MR) is 120 cm³/mol. The smallest absolute Gasteiger partial charge is 0.261 e. The number of carbonyl (C=O) groups excluding carboxylic acids is 3. The third kappa shape index (κ3) is 4.70. The van der Waals surface area contributed by atoms with E-state index < -0.39 is 0 Å². The number of aromatic nitrogens is 1. The lowest BCUT2D eigenvalue weighted by molar-refractivity contribution is 0.0652. The molecular weight excluding hydrogens is 412 g/mol. The van der Waals surface area contributed by atoms with Crippen molar-refractivity contribution in [2.45, 2.75) is 46.1 Å². The molecule has 7 nitrogen and oxygen atoms in total. The van der Waals surface area contributed by atoms with Gasteiger partial charge in [0.1, 0.15) is 0 Å². The van der Waals surface area contributed by atoms with Crippen molar-refractivity contribution < 1.29 is 14.4 Å². The van der Waals surface area contributed by atoms with Gasteiger partial charge in [-0.2, -0.15) is 0 Å². The minimum absolute atomic E-state index is 0.280. The molecular formula is C23H28N4O3S. The summed E-state index contributed by atoms with van der Waals surface area (Å²) in [5.74, 6) is -0.148. The van der Waals surface area contributed by atoms with E-state index in [-0.39, 0.29) is 17.7 Å². The third-order valence-corrected chi connectivity index (χ3v) is 6.81. The molecule has 0 unspecified atom stereocenters. The van der Waals surface area contributed by atoms with Crippen LogP contribution in [0.25, 0.3) is 0 Å². The highest BCUT2D eigenvalue weighted by Crippen LogP contribution is 2.26. The lowest BCUT2D eigenvalue weighted by Gasteiger charge is -2.29. The fourth-order valence-electron chi connectivity index (χ4n) is 4.01. The summed E-state index contributed by atoms with van der Waals surface area (Å²) in [6, 6.07) is 4.67. The van der Waals surface area contributed by atoms with Gasteiger partial charge in [0, 0.05) is 24.0 Å². The maximum atomic E-state index is 12.7. The van der Waals surface area contributed by atoms with Crippen LogP contribution in [0, 0.1) is 5.92 Å². The molecule has 0 atom stereocenters. The van der Waals surface area contributed by atoms with Gasteiger partial charge >= 0.3 is 0 Å². The van der Waals surface area contributed by atoms with Gasteiger partial charge in [-0.3, -0.25) is 29.5 Å². The summed E-state index contributed by atoms with van der Waals surface area (Å²) in [6.07, 6.45) is 4.09. The number of thiazole rings is 1. The van der Waals surface area contributed by atoms with E-state index in [1.54, 1.807) is 12.1 Å². The number of amides is 3. The van der Waals surface area contributed by atoms with Crippen LogP contribution < -0.4 is 5.32 Å². The van der Waals surface area contributed by atoms with Crippen molar-refractivity contribution in [3.05, 3.63) is 46.0 Å². The van der Waals surface area contributed by atoms with Crippen LogP contribution in [-0.4, -0.2) is 52.1 Å². The molecule has 4 rings (SSSR count). The first-order valence-electron chi connectivity index (χ1n) is 10.9. The number of imide groups is 1. The summed E-state index contributed by atoms with van der Waals surface area (Å²) < 4.78 is 0. The molecule has 0 bridgehead atoms. The number of piperidine rings is 1. The zero-order valence-electron chi connectivity index (χ0n) is 18.0. The first-order chi connectivity index (χ1) is 15.0. The first-order valence-corrected chi connectivity index (χ1v) is 11.8. The van der Waals surface area contributed by atoms with Gasteiger partial charge in [0.2, 0.25) is 0 Å². The Hall–Kier alpha value is -2.58. The highest BCUT2D eigenvalue weighted by atomic mass is 32.1. The standard InChI is InChI=1S/C23H28N4O3S/c1-3-4-9-27-21(29)18-6-5-16(12-19(18)22(27)30)20(28)25-23-24-17(14-31-23)13-26-10-7-15(2)8-11-26/h5-6,12,14-15H,3-4,7-11,13H2,1-2H3,(H,24,25,28). The molecule has 164 valence electrons. The second-order valence-corrected chi connectivity index (χ2v) is 9.29. The molecule has 1 aromatic heterocycles. The topological polar surface area (TPSA) is 82.6 Å². The number of carbonyl (C=O) groups is 3. The minimum atomic E-state index is -0.331. The van der Waals surface area contributed by atoms with Gasteiger partial charge in [-0.1, -0.05) is 20.3 Å². The fraction of sp³-hybridized carbons (Fsp3) is 0.478. The first kappa shape index (κ1) is 21.6. The molecule has 0 spiro atoms.